The van der Waals surface area contributed by atoms with Crippen LogP contribution in [-0.4, -0.2) is 29.2 Å². The Bertz CT molecular complexity index is 348. The summed E-state index contributed by atoms with van der Waals surface area (Å²) in [6.45, 7) is 3.97. The molecule has 0 bridgehead atoms. The van der Waals surface area contributed by atoms with Gasteiger partial charge < -0.3 is 14.6 Å². The van der Waals surface area contributed by atoms with Crippen molar-refractivity contribution in [3.8, 4) is 0 Å². The Morgan fingerprint density at radius 3 is 2.72 bits per heavy atom. The second-order valence-corrected chi connectivity index (χ2v) is 6.33. The van der Waals surface area contributed by atoms with Crippen molar-refractivity contribution >= 4 is 0 Å². The van der Waals surface area contributed by atoms with Crippen molar-refractivity contribution in [2.75, 3.05) is 0 Å². The average molecular weight is 252 g/mol. The zero-order valence-electron chi connectivity index (χ0n) is 11.4. The summed E-state index contributed by atoms with van der Waals surface area (Å²) >= 11 is 0. The number of fused-ring (bicyclic) bond motifs is 1. The highest BCUT2D eigenvalue weighted by Crippen LogP contribution is 2.43. The minimum absolute atomic E-state index is 0.0755. The predicted molar refractivity (Wildman–Crippen MR) is 69.1 cm³/mol. The molecule has 4 atom stereocenters. The quantitative estimate of drug-likeness (QED) is 0.729. The van der Waals surface area contributed by atoms with E-state index in [1.807, 2.05) is 13.8 Å². The number of aliphatic hydroxyl groups is 1. The van der Waals surface area contributed by atoms with Gasteiger partial charge in [-0.3, -0.25) is 0 Å². The van der Waals surface area contributed by atoms with Crippen LogP contribution in [0.4, 0.5) is 0 Å². The highest BCUT2D eigenvalue weighted by Gasteiger charge is 2.46. The van der Waals surface area contributed by atoms with Gasteiger partial charge in [0.05, 0.1) is 12.2 Å². The van der Waals surface area contributed by atoms with Gasteiger partial charge in [-0.2, -0.15) is 0 Å². The summed E-state index contributed by atoms with van der Waals surface area (Å²) in [4.78, 5) is 0. The Morgan fingerprint density at radius 2 is 1.94 bits per heavy atom. The first kappa shape index (κ1) is 12.6. The third-order valence-corrected chi connectivity index (χ3v) is 4.50. The van der Waals surface area contributed by atoms with Crippen molar-refractivity contribution in [2.45, 2.75) is 76.5 Å². The van der Waals surface area contributed by atoms with E-state index in [1.165, 1.54) is 12.0 Å². The summed E-state index contributed by atoms with van der Waals surface area (Å²) < 4.78 is 12.0. The molecule has 3 heteroatoms. The Morgan fingerprint density at radius 1 is 1.17 bits per heavy atom. The van der Waals surface area contributed by atoms with Crippen LogP contribution in [0, 0.1) is 5.92 Å². The van der Waals surface area contributed by atoms with Crippen LogP contribution in [0.5, 0.6) is 0 Å². The molecule has 3 aliphatic rings. The summed E-state index contributed by atoms with van der Waals surface area (Å²) in [5.74, 6) is -0.178. The third kappa shape index (κ3) is 2.24. The second-order valence-electron chi connectivity index (χ2n) is 6.33. The lowest BCUT2D eigenvalue weighted by Crippen LogP contribution is -2.37. The molecule has 3 nitrogen and oxygen atoms in total. The van der Waals surface area contributed by atoms with Gasteiger partial charge >= 0.3 is 0 Å². The van der Waals surface area contributed by atoms with E-state index < -0.39 is 5.79 Å². The molecule has 1 saturated heterocycles. The first-order valence-electron chi connectivity index (χ1n) is 7.30. The van der Waals surface area contributed by atoms with Crippen molar-refractivity contribution in [3.05, 3.63) is 11.6 Å². The zero-order valence-corrected chi connectivity index (χ0v) is 11.4. The highest BCUT2D eigenvalue weighted by atomic mass is 16.7. The second kappa shape index (κ2) is 4.62. The third-order valence-electron chi connectivity index (χ3n) is 4.50. The van der Waals surface area contributed by atoms with Crippen molar-refractivity contribution < 1.29 is 14.6 Å². The van der Waals surface area contributed by atoms with Gasteiger partial charge in [-0.15, -0.1) is 0 Å². The van der Waals surface area contributed by atoms with Crippen molar-refractivity contribution in [2.24, 2.45) is 5.92 Å². The summed E-state index contributed by atoms with van der Waals surface area (Å²) in [7, 11) is 0. The molecule has 0 amide bonds. The molecular weight excluding hydrogens is 228 g/mol. The Labute approximate surface area is 109 Å². The monoisotopic (exact) mass is 252 g/mol. The lowest BCUT2D eigenvalue weighted by Gasteiger charge is -2.35. The molecule has 0 aromatic rings. The van der Waals surface area contributed by atoms with Crippen molar-refractivity contribution in [1.29, 1.82) is 0 Å². The maximum absolute atomic E-state index is 10.2. The maximum atomic E-state index is 10.2. The largest absolute Gasteiger partial charge is 0.393 e. The number of aliphatic hydroxyl groups excluding tert-OH is 1. The van der Waals surface area contributed by atoms with Crippen LogP contribution in [0.1, 0.15) is 52.4 Å². The molecule has 0 radical (unpaired) electrons. The van der Waals surface area contributed by atoms with Crippen LogP contribution < -0.4 is 0 Å². The van der Waals surface area contributed by atoms with Gasteiger partial charge in [-0.05, 0) is 45.1 Å². The van der Waals surface area contributed by atoms with E-state index in [0.29, 0.717) is 5.92 Å². The summed E-state index contributed by atoms with van der Waals surface area (Å²) in [5, 5.41) is 10.2. The lowest BCUT2D eigenvalue weighted by atomic mass is 9.76. The molecule has 1 aliphatic heterocycles. The molecule has 0 unspecified atom stereocenters. The fourth-order valence-electron chi connectivity index (χ4n) is 3.72. The van der Waals surface area contributed by atoms with Gasteiger partial charge in [0.2, 0.25) is 0 Å². The number of hydrogen-bond acceptors (Lipinski definition) is 3. The minimum atomic E-state index is -0.474. The summed E-state index contributed by atoms with van der Waals surface area (Å²) in [5.41, 5.74) is 1.31. The Hall–Kier alpha value is -0.380. The van der Waals surface area contributed by atoms with Gasteiger partial charge in [0.15, 0.2) is 5.79 Å². The molecule has 0 spiro atoms. The van der Waals surface area contributed by atoms with Crippen LogP contribution in [0.25, 0.3) is 0 Å². The van der Waals surface area contributed by atoms with Crippen LogP contribution in [-0.2, 0) is 9.47 Å². The number of allylic oxidation sites excluding steroid dienone is 1. The van der Waals surface area contributed by atoms with Gasteiger partial charge in [-0.25, -0.2) is 0 Å². The van der Waals surface area contributed by atoms with E-state index in [4.69, 9.17) is 9.47 Å². The van der Waals surface area contributed by atoms with Gasteiger partial charge in [0.1, 0.15) is 6.10 Å². The van der Waals surface area contributed by atoms with Gasteiger partial charge in [0, 0.05) is 5.92 Å². The SMILES string of the molecule is CC1(C)O[C@H]2CCC=C([C@H]3CCCC[C@@H]3O)[C@H]2O1. The summed E-state index contributed by atoms with van der Waals surface area (Å²) in [6.07, 6.45) is 8.88. The van der Waals surface area contributed by atoms with E-state index >= 15 is 0 Å². The lowest BCUT2D eigenvalue weighted by molar-refractivity contribution is -0.144. The highest BCUT2D eigenvalue weighted by molar-refractivity contribution is 5.21. The van der Waals surface area contributed by atoms with Crippen LogP contribution in [0.15, 0.2) is 11.6 Å². The van der Waals surface area contributed by atoms with Crippen molar-refractivity contribution in [3.63, 3.8) is 0 Å². The van der Waals surface area contributed by atoms with E-state index in [-0.39, 0.29) is 18.3 Å². The van der Waals surface area contributed by atoms with Crippen LogP contribution in [0.2, 0.25) is 0 Å². The Balaban J connectivity index is 1.81. The number of hydrogen-bond donors (Lipinski definition) is 1. The molecule has 102 valence electrons. The van der Waals surface area contributed by atoms with E-state index in [0.717, 1.165) is 32.1 Å². The first-order valence-corrected chi connectivity index (χ1v) is 7.30. The smallest absolute Gasteiger partial charge is 0.164 e. The topological polar surface area (TPSA) is 38.7 Å². The van der Waals surface area contributed by atoms with Gasteiger partial charge in [-0.1, -0.05) is 18.9 Å². The van der Waals surface area contributed by atoms with E-state index in [2.05, 4.69) is 6.08 Å². The molecule has 2 aliphatic carbocycles. The van der Waals surface area contributed by atoms with Crippen LogP contribution >= 0.6 is 0 Å². The van der Waals surface area contributed by atoms with Crippen LogP contribution in [0.3, 0.4) is 0 Å². The molecule has 2 fully saturated rings. The molecule has 18 heavy (non-hydrogen) atoms. The van der Waals surface area contributed by atoms with Crippen molar-refractivity contribution in [1.82, 2.24) is 0 Å². The zero-order chi connectivity index (χ0) is 12.8. The average Bonchev–Trinajstić information content (AvgIpc) is 2.63. The molecule has 3 rings (SSSR count). The van der Waals surface area contributed by atoms with Gasteiger partial charge in [0.25, 0.3) is 0 Å². The number of ether oxygens (including phenoxy) is 2. The Kier molecular flexibility index (Phi) is 3.25. The molecule has 1 heterocycles. The summed E-state index contributed by atoms with van der Waals surface area (Å²) in [6, 6.07) is 0. The van der Waals surface area contributed by atoms with E-state index in [9.17, 15) is 5.11 Å². The minimum Gasteiger partial charge on any atom is -0.393 e. The maximum Gasteiger partial charge on any atom is 0.164 e. The van der Waals surface area contributed by atoms with E-state index in [1.54, 1.807) is 0 Å². The number of rotatable bonds is 1. The fraction of sp³-hybridized carbons (Fsp3) is 0.867. The normalized spacial score (nSPS) is 43.4. The molecule has 0 aromatic heterocycles. The molecule has 1 N–H and O–H groups in total. The first-order chi connectivity index (χ1) is 8.57. The molecule has 1 saturated carbocycles. The molecular formula is C15H24O3. The predicted octanol–water partition coefficient (Wildman–Crippen LogP) is 2.78. The standard InChI is InChI=1S/C15H24O3/c1-15(2)17-13-9-5-7-11(14(13)18-15)10-6-3-4-8-12(10)16/h7,10,12-14,16H,3-6,8-9H2,1-2H3/t10-,12+,13+,14-/m1/s1. The fourth-order valence-corrected chi connectivity index (χ4v) is 3.72. The molecule has 0 aromatic carbocycles.